The first kappa shape index (κ1) is 16.8. The minimum atomic E-state index is 0.741. The molecule has 0 spiro atoms. The van der Waals surface area contributed by atoms with Gasteiger partial charge in [-0.2, -0.15) is 5.10 Å². The predicted molar refractivity (Wildman–Crippen MR) is 90.9 cm³/mol. The van der Waals surface area contributed by atoms with Crippen LogP contribution in [0.2, 0.25) is 0 Å². The highest BCUT2D eigenvalue weighted by Crippen LogP contribution is 2.16. The molecule has 1 aliphatic heterocycles. The molecule has 1 aromatic heterocycles. The molecule has 0 unspecified atom stereocenters. The Hall–Kier alpha value is -1.56. The fourth-order valence-electron chi connectivity index (χ4n) is 2.94. The van der Waals surface area contributed by atoms with Crippen LogP contribution in [0.25, 0.3) is 0 Å². The summed E-state index contributed by atoms with van der Waals surface area (Å²) in [6, 6.07) is 2.02. The summed E-state index contributed by atoms with van der Waals surface area (Å²) in [5.41, 5.74) is 1.15. The van der Waals surface area contributed by atoms with Crippen molar-refractivity contribution < 1.29 is 0 Å². The van der Waals surface area contributed by atoms with Gasteiger partial charge in [-0.3, -0.25) is 9.67 Å². The molecule has 0 aliphatic carbocycles. The number of guanidine groups is 1. The summed E-state index contributed by atoms with van der Waals surface area (Å²) in [4.78, 5) is 6.88. The van der Waals surface area contributed by atoms with Gasteiger partial charge in [-0.05, 0) is 50.9 Å². The standard InChI is InChI=1S/C16H30N6/c1-4-9-22-10-6-14(7-11-22)12-18-16(17-2)19-13-15-5-8-20-21(15)3/h5,8,14H,4,6-7,9-13H2,1-3H3,(H2,17,18,19). The molecule has 0 bridgehead atoms. The van der Waals surface area contributed by atoms with Crippen LogP contribution in [-0.4, -0.2) is 53.9 Å². The summed E-state index contributed by atoms with van der Waals surface area (Å²) in [7, 11) is 3.78. The van der Waals surface area contributed by atoms with Crippen LogP contribution in [0.4, 0.5) is 0 Å². The number of nitrogens with one attached hydrogen (secondary N) is 2. The Balaban J connectivity index is 1.68. The van der Waals surface area contributed by atoms with E-state index in [4.69, 9.17) is 0 Å². The third-order valence-electron chi connectivity index (χ3n) is 4.39. The molecule has 0 amide bonds. The van der Waals surface area contributed by atoms with Crippen molar-refractivity contribution in [2.45, 2.75) is 32.7 Å². The quantitative estimate of drug-likeness (QED) is 0.613. The molecular formula is C16H30N6. The van der Waals surface area contributed by atoms with E-state index in [2.05, 4.69) is 32.5 Å². The first-order chi connectivity index (χ1) is 10.7. The van der Waals surface area contributed by atoms with Crippen molar-refractivity contribution in [1.82, 2.24) is 25.3 Å². The second-order valence-corrected chi connectivity index (χ2v) is 6.04. The third kappa shape index (κ3) is 5.02. The lowest BCUT2D eigenvalue weighted by Gasteiger charge is -2.32. The number of piperidine rings is 1. The molecule has 1 fully saturated rings. The van der Waals surface area contributed by atoms with E-state index in [-0.39, 0.29) is 0 Å². The first-order valence-corrected chi connectivity index (χ1v) is 8.36. The molecule has 1 aromatic rings. The van der Waals surface area contributed by atoms with Gasteiger partial charge in [-0.15, -0.1) is 0 Å². The monoisotopic (exact) mass is 306 g/mol. The lowest BCUT2D eigenvalue weighted by Crippen LogP contribution is -2.42. The van der Waals surface area contributed by atoms with Gasteiger partial charge in [0, 0.05) is 26.8 Å². The molecule has 1 aliphatic rings. The summed E-state index contributed by atoms with van der Waals surface area (Å²) in [5, 5.41) is 11.0. The maximum atomic E-state index is 4.30. The maximum absolute atomic E-state index is 4.30. The van der Waals surface area contributed by atoms with Crippen molar-refractivity contribution in [3.8, 4) is 0 Å². The zero-order valence-corrected chi connectivity index (χ0v) is 14.2. The Bertz CT molecular complexity index is 459. The predicted octanol–water partition coefficient (Wildman–Crippen LogP) is 1.21. The van der Waals surface area contributed by atoms with Crippen molar-refractivity contribution >= 4 is 5.96 Å². The normalized spacial score (nSPS) is 17.7. The van der Waals surface area contributed by atoms with Gasteiger partial charge in [0.25, 0.3) is 0 Å². The summed E-state index contributed by atoms with van der Waals surface area (Å²) in [6.07, 6.45) is 5.64. The number of aromatic nitrogens is 2. The summed E-state index contributed by atoms with van der Waals surface area (Å²) >= 11 is 0. The summed E-state index contributed by atoms with van der Waals surface area (Å²) < 4.78 is 1.88. The largest absolute Gasteiger partial charge is 0.356 e. The highest BCUT2D eigenvalue weighted by molar-refractivity contribution is 5.79. The second kappa shape index (κ2) is 8.78. The van der Waals surface area contributed by atoms with Gasteiger partial charge in [0.05, 0.1) is 12.2 Å². The summed E-state index contributed by atoms with van der Waals surface area (Å²) in [5.74, 6) is 1.63. The molecule has 2 rings (SSSR count). The highest BCUT2D eigenvalue weighted by atomic mass is 15.3. The molecule has 0 aromatic carbocycles. The molecule has 0 saturated carbocycles. The molecule has 1 saturated heterocycles. The lowest BCUT2D eigenvalue weighted by molar-refractivity contribution is 0.185. The van der Waals surface area contributed by atoms with Crippen molar-refractivity contribution in [3.05, 3.63) is 18.0 Å². The maximum Gasteiger partial charge on any atom is 0.191 e. The number of nitrogens with zero attached hydrogens (tertiary/aromatic N) is 4. The van der Waals surface area contributed by atoms with Gasteiger partial charge in [0.1, 0.15) is 0 Å². The highest BCUT2D eigenvalue weighted by Gasteiger charge is 2.18. The minimum absolute atomic E-state index is 0.741. The zero-order valence-electron chi connectivity index (χ0n) is 14.2. The molecule has 2 heterocycles. The van der Waals surface area contributed by atoms with Gasteiger partial charge >= 0.3 is 0 Å². The Morgan fingerprint density at radius 1 is 1.36 bits per heavy atom. The second-order valence-electron chi connectivity index (χ2n) is 6.04. The van der Waals surface area contributed by atoms with Crippen molar-refractivity contribution in [3.63, 3.8) is 0 Å². The van der Waals surface area contributed by atoms with Crippen molar-refractivity contribution in [1.29, 1.82) is 0 Å². The van der Waals surface area contributed by atoms with Gasteiger partial charge in [-0.25, -0.2) is 0 Å². The van der Waals surface area contributed by atoms with E-state index in [9.17, 15) is 0 Å². The van der Waals surface area contributed by atoms with Crippen LogP contribution in [0.3, 0.4) is 0 Å². The van der Waals surface area contributed by atoms with Gasteiger partial charge in [0.15, 0.2) is 5.96 Å². The van der Waals surface area contributed by atoms with Crippen LogP contribution in [0, 0.1) is 5.92 Å². The van der Waals surface area contributed by atoms with E-state index < -0.39 is 0 Å². The Morgan fingerprint density at radius 2 is 2.14 bits per heavy atom. The first-order valence-electron chi connectivity index (χ1n) is 8.36. The van der Waals surface area contributed by atoms with Crippen molar-refractivity contribution in [2.24, 2.45) is 18.0 Å². The van der Waals surface area contributed by atoms with E-state index in [1.807, 2.05) is 31.0 Å². The lowest BCUT2D eigenvalue weighted by atomic mass is 9.97. The van der Waals surface area contributed by atoms with Crippen LogP contribution in [0.1, 0.15) is 31.9 Å². The average Bonchev–Trinajstić information content (AvgIpc) is 2.94. The third-order valence-corrected chi connectivity index (χ3v) is 4.39. The summed E-state index contributed by atoms with van der Waals surface area (Å²) in [6.45, 7) is 7.72. The number of rotatable bonds is 6. The number of likely N-dealkylation sites (tertiary alicyclic amines) is 1. The molecule has 6 heteroatoms. The van der Waals surface area contributed by atoms with E-state index >= 15 is 0 Å². The number of aliphatic imine (C=N–C) groups is 1. The van der Waals surface area contributed by atoms with Gasteiger partial charge in [-0.1, -0.05) is 6.92 Å². The van der Waals surface area contributed by atoms with Crippen LogP contribution >= 0.6 is 0 Å². The van der Waals surface area contributed by atoms with Gasteiger partial charge < -0.3 is 15.5 Å². The molecule has 6 nitrogen and oxygen atoms in total. The van der Waals surface area contributed by atoms with E-state index in [0.717, 1.165) is 30.7 Å². The molecule has 0 radical (unpaired) electrons. The van der Waals surface area contributed by atoms with Crippen molar-refractivity contribution in [2.75, 3.05) is 33.2 Å². The van der Waals surface area contributed by atoms with Crippen LogP contribution in [0.15, 0.2) is 17.3 Å². The van der Waals surface area contributed by atoms with Crippen LogP contribution < -0.4 is 10.6 Å². The molecule has 124 valence electrons. The minimum Gasteiger partial charge on any atom is -0.356 e. The van der Waals surface area contributed by atoms with E-state index in [1.54, 1.807) is 0 Å². The topological polar surface area (TPSA) is 57.5 Å². The zero-order chi connectivity index (χ0) is 15.8. The smallest absolute Gasteiger partial charge is 0.191 e. The van der Waals surface area contributed by atoms with Crippen LogP contribution in [0.5, 0.6) is 0 Å². The molecule has 2 N–H and O–H groups in total. The molecule has 22 heavy (non-hydrogen) atoms. The number of aryl methyl sites for hydroxylation is 1. The fourth-order valence-corrected chi connectivity index (χ4v) is 2.94. The Labute approximate surface area is 134 Å². The van der Waals surface area contributed by atoms with E-state index in [0.29, 0.717) is 0 Å². The Morgan fingerprint density at radius 3 is 2.73 bits per heavy atom. The molecule has 0 atom stereocenters. The molecular weight excluding hydrogens is 276 g/mol. The SMILES string of the molecule is CCCN1CCC(CNC(=NC)NCc2ccnn2C)CC1. The fraction of sp³-hybridized carbons (Fsp3) is 0.750. The van der Waals surface area contributed by atoms with Gasteiger partial charge in [0.2, 0.25) is 0 Å². The average molecular weight is 306 g/mol. The number of hydrogen-bond donors (Lipinski definition) is 2. The van der Waals surface area contributed by atoms with Crippen LogP contribution in [-0.2, 0) is 13.6 Å². The Kier molecular flexibility index (Phi) is 6.71. The number of hydrogen-bond acceptors (Lipinski definition) is 3. The van der Waals surface area contributed by atoms with E-state index in [1.165, 1.54) is 38.9 Å².